The van der Waals surface area contributed by atoms with Crippen molar-refractivity contribution in [3.8, 4) is 0 Å². The van der Waals surface area contributed by atoms with Gasteiger partial charge in [-0.05, 0) is 38.5 Å². The number of hydrogen-bond donors (Lipinski definition) is 2. The van der Waals surface area contributed by atoms with Gasteiger partial charge in [-0.3, -0.25) is 4.79 Å². The van der Waals surface area contributed by atoms with E-state index in [0.29, 0.717) is 18.5 Å². The standard InChI is InChI=1S/C19H31N5O/c1-14(2)19-22-17-9-8-16(13-24(17)23-19)21-12-18(25)20-11-10-15-6-4-3-5-7-15/h6,14,16,21H,3-5,7-13H2,1-2H3,(H,20,25)/t16-/m1/s1. The lowest BCUT2D eigenvalue weighted by molar-refractivity contribution is -0.120. The van der Waals surface area contributed by atoms with E-state index < -0.39 is 0 Å². The second kappa shape index (κ2) is 8.61. The fraction of sp³-hybridized carbons (Fsp3) is 0.737. The summed E-state index contributed by atoms with van der Waals surface area (Å²) in [5, 5.41) is 11.0. The van der Waals surface area contributed by atoms with Gasteiger partial charge in [0.1, 0.15) is 5.82 Å². The van der Waals surface area contributed by atoms with E-state index in [2.05, 4.69) is 40.6 Å². The van der Waals surface area contributed by atoms with E-state index in [0.717, 1.165) is 44.0 Å². The van der Waals surface area contributed by atoms with Crippen molar-refractivity contribution in [1.82, 2.24) is 25.4 Å². The van der Waals surface area contributed by atoms with Crippen LogP contribution in [0.1, 0.15) is 69.9 Å². The van der Waals surface area contributed by atoms with Crippen LogP contribution in [0.4, 0.5) is 0 Å². The van der Waals surface area contributed by atoms with Crippen molar-refractivity contribution < 1.29 is 4.79 Å². The fourth-order valence-corrected chi connectivity index (χ4v) is 3.53. The molecule has 0 aromatic carbocycles. The van der Waals surface area contributed by atoms with E-state index in [1.165, 1.54) is 31.3 Å². The van der Waals surface area contributed by atoms with Crippen LogP contribution in [0.25, 0.3) is 0 Å². The molecular weight excluding hydrogens is 314 g/mol. The molecule has 0 unspecified atom stereocenters. The van der Waals surface area contributed by atoms with Crippen LogP contribution < -0.4 is 10.6 Å². The molecule has 6 nitrogen and oxygen atoms in total. The van der Waals surface area contributed by atoms with Crippen LogP contribution in [0, 0.1) is 0 Å². The average molecular weight is 345 g/mol. The maximum atomic E-state index is 12.0. The molecule has 25 heavy (non-hydrogen) atoms. The highest BCUT2D eigenvalue weighted by Crippen LogP contribution is 2.19. The predicted molar refractivity (Wildman–Crippen MR) is 98.4 cm³/mol. The zero-order valence-electron chi connectivity index (χ0n) is 15.6. The molecule has 1 atom stereocenters. The maximum absolute atomic E-state index is 12.0. The molecule has 2 N–H and O–H groups in total. The minimum Gasteiger partial charge on any atom is -0.355 e. The third-order valence-corrected chi connectivity index (χ3v) is 5.10. The van der Waals surface area contributed by atoms with Gasteiger partial charge in [0.15, 0.2) is 5.82 Å². The van der Waals surface area contributed by atoms with E-state index in [4.69, 9.17) is 0 Å². The lowest BCUT2D eigenvalue weighted by Crippen LogP contribution is -2.43. The number of rotatable bonds is 7. The number of nitrogens with zero attached hydrogens (tertiary/aromatic N) is 3. The summed E-state index contributed by atoms with van der Waals surface area (Å²) in [4.78, 5) is 16.6. The first kappa shape index (κ1) is 18.1. The molecule has 0 radical (unpaired) electrons. The Morgan fingerprint density at radius 1 is 1.36 bits per heavy atom. The third-order valence-electron chi connectivity index (χ3n) is 5.10. The van der Waals surface area contributed by atoms with E-state index in [9.17, 15) is 4.79 Å². The third kappa shape index (κ3) is 5.14. The summed E-state index contributed by atoms with van der Waals surface area (Å²) in [5.74, 6) is 2.44. The Kier molecular flexibility index (Phi) is 6.24. The zero-order valence-corrected chi connectivity index (χ0v) is 15.6. The molecule has 0 saturated heterocycles. The first-order chi connectivity index (χ1) is 12.1. The first-order valence-corrected chi connectivity index (χ1v) is 9.73. The van der Waals surface area contributed by atoms with E-state index in [-0.39, 0.29) is 5.91 Å². The summed E-state index contributed by atoms with van der Waals surface area (Å²) in [6, 6.07) is 0.293. The van der Waals surface area contributed by atoms with Gasteiger partial charge in [0, 0.05) is 24.9 Å². The molecule has 3 rings (SSSR count). The van der Waals surface area contributed by atoms with Crippen molar-refractivity contribution in [2.45, 2.75) is 77.3 Å². The Balaban J connectivity index is 1.37. The first-order valence-electron chi connectivity index (χ1n) is 9.73. The van der Waals surface area contributed by atoms with Crippen LogP contribution in [0.2, 0.25) is 0 Å². The topological polar surface area (TPSA) is 71.8 Å². The van der Waals surface area contributed by atoms with Crippen LogP contribution in [0.15, 0.2) is 11.6 Å². The molecule has 0 saturated carbocycles. The van der Waals surface area contributed by atoms with Gasteiger partial charge in [0.05, 0.1) is 13.1 Å². The molecule has 1 aromatic heterocycles. The summed E-state index contributed by atoms with van der Waals surface area (Å²) in [5.41, 5.74) is 1.51. The van der Waals surface area contributed by atoms with Gasteiger partial charge < -0.3 is 10.6 Å². The van der Waals surface area contributed by atoms with Gasteiger partial charge in [-0.1, -0.05) is 25.5 Å². The predicted octanol–water partition coefficient (Wildman–Crippen LogP) is 2.31. The number of carbonyl (C=O) groups is 1. The molecule has 138 valence electrons. The maximum Gasteiger partial charge on any atom is 0.233 e. The summed E-state index contributed by atoms with van der Waals surface area (Å²) in [6.07, 6.45) is 10.3. The summed E-state index contributed by atoms with van der Waals surface area (Å²) < 4.78 is 2.00. The van der Waals surface area contributed by atoms with E-state index in [1.807, 2.05) is 4.68 Å². The lowest BCUT2D eigenvalue weighted by Gasteiger charge is -2.23. The van der Waals surface area contributed by atoms with Gasteiger partial charge >= 0.3 is 0 Å². The summed E-state index contributed by atoms with van der Waals surface area (Å²) >= 11 is 0. The Labute approximate surface area is 150 Å². The smallest absolute Gasteiger partial charge is 0.233 e. The molecule has 1 amide bonds. The average Bonchev–Trinajstić information content (AvgIpc) is 3.04. The molecular formula is C19H31N5O. The molecule has 1 aromatic rings. The van der Waals surface area contributed by atoms with Crippen LogP contribution in [-0.4, -0.2) is 39.8 Å². The van der Waals surface area contributed by atoms with Crippen LogP contribution in [0.5, 0.6) is 0 Å². The molecule has 0 bridgehead atoms. The number of carbonyl (C=O) groups excluding carboxylic acids is 1. The number of aromatic nitrogens is 3. The molecule has 2 aliphatic rings. The van der Waals surface area contributed by atoms with Crippen LogP contribution in [0.3, 0.4) is 0 Å². The molecule has 1 aliphatic carbocycles. The van der Waals surface area contributed by atoms with Gasteiger partial charge in [-0.25, -0.2) is 9.67 Å². The quantitative estimate of drug-likeness (QED) is 0.744. The van der Waals surface area contributed by atoms with Crippen molar-refractivity contribution in [1.29, 1.82) is 0 Å². The molecule has 6 heteroatoms. The highest BCUT2D eigenvalue weighted by atomic mass is 16.1. The minimum atomic E-state index is 0.0867. The Morgan fingerprint density at radius 2 is 2.24 bits per heavy atom. The largest absolute Gasteiger partial charge is 0.355 e. The van der Waals surface area contributed by atoms with Gasteiger partial charge in [0.2, 0.25) is 5.91 Å². The number of fused-ring (bicyclic) bond motifs is 1. The normalized spacial score (nSPS) is 20.3. The molecule has 0 fully saturated rings. The highest BCUT2D eigenvalue weighted by Gasteiger charge is 2.22. The lowest BCUT2D eigenvalue weighted by atomic mass is 9.97. The van der Waals surface area contributed by atoms with Crippen molar-refractivity contribution >= 4 is 5.91 Å². The zero-order chi connectivity index (χ0) is 17.6. The number of amides is 1. The van der Waals surface area contributed by atoms with Crippen molar-refractivity contribution in [2.75, 3.05) is 13.1 Å². The Hall–Kier alpha value is -1.69. The summed E-state index contributed by atoms with van der Waals surface area (Å²) in [7, 11) is 0. The molecule has 1 aliphatic heterocycles. The fourth-order valence-electron chi connectivity index (χ4n) is 3.53. The van der Waals surface area contributed by atoms with Crippen molar-refractivity contribution in [2.24, 2.45) is 0 Å². The Morgan fingerprint density at radius 3 is 3.00 bits per heavy atom. The second-order valence-electron chi connectivity index (χ2n) is 7.55. The van der Waals surface area contributed by atoms with Gasteiger partial charge in [0.25, 0.3) is 0 Å². The van der Waals surface area contributed by atoms with E-state index in [1.54, 1.807) is 0 Å². The Bertz CT molecular complexity index is 619. The SMILES string of the molecule is CC(C)c1nc2n(n1)C[C@H](NCC(=O)NCCC1=CCCCC1)CC2. The number of nitrogens with one attached hydrogen (secondary N) is 2. The molecule has 2 heterocycles. The van der Waals surface area contributed by atoms with Gasteiger partial charge in [-0.15, -0.1) is 0 Å². The minimum absolute atomic E-state index is 0.0867. The summed E-state index contributed by atoms with van der Waals surface area (Å²) in [6.45, 7) is 6.16. The molecule has 0 spiro atoms. The van der Waals surface area contributed by atoms with Crippen LogP contribution >= 0.6 is 0 Å². The monoisotopic (exact) mass is 345 g/mol. The van der Waals surface area contributed by atoms with Crippen molar-refractivity contribution in [3.05, 3.63) is 23.3 Å². The number of aryl methyl sites for hydroxylation is 1. The van der Waals surface area contributed by atoms with Crippen molar-refractivity contribution in [3.63, 3.8) is 0 Å². The number of allylic oxidation sites excluding steroid dienone is 1. The number of hydrogen-bond acceptors (Lipinski definition) is 4. The second-order valence-corrected chi connectivity index (χ2v) is 7.55. The van der Waals surface area contributed by atoms with Crippen LogP contribution in [-0.2, 0) is 17.8 Å². The van der Waals surface area contributed by atoms with E-state index >= 15 is 0 Å². The highest BCUT2D eigenvalue weighted by molar-refractivity contribution is 5.78. The van der Waals surface area contributed by atoms with Gasteiger partial charge in [-0.2, -0.15) is 5.10 Å².